The molecule has 7 heteroatoms. The number of halogens is 1. The van der Waals surface area contributed by atoms with Gasteiger partial charge in [0.05, 0.1) is 8.68 Å². The quantitative estimate of drug-likeness (QED) is 0.853. The first-order valence-electron chi connectivity index (χ1n) is 5.78. The van der Waals surface area contributed by atoms with E-state index in [0.717, 1.165) is 21.5 Å². The van der Waals surface area contributed by atoms with Crippen molar-refractivity contribution in [2.45, 2.75) is 37.1 Å². The largest absolute Gasteiger partial charge is 0.329 e. The van der Waals surface area contributed by atoms with Gasteiger partial charge in [-0.15, -0.1) is 11.3 Å². The lowest BCUT2D eigenvalue weighted by Gasteiger charge is -2.29. The summed E-state index contributed by atoms with van der Waals surface area (Å²) in [5.74, 6) is 0.361. The average Bonchev–Trinajstić information content (AvgIpc) is 3.04. The van der Waals surface area contributed by atoms with E-state index in [2.05, 4.69) is 20.7 Å². The molecular weight excluding hydrogens is 336 g/mol. The van der Waals surface area contributed by atoms with Crippen LogP contribution >= 0.6 is 27.3 Å². The molecule has 2 rings (SSSR count). The number of hydrogen-bond donors (Lipinski definition) is 2. The van der Waals surface area contributed by atoms with Crippen molar-refractivity contribution in [2.75, 3.05) is 6.54 Å². The van der Waals surface area contributed by atoms with Crippen LogP contribution in [-0.4, -0.2) is 20.5 Å². The normalized spacial score (nSPS) is 19.8. The average molecular weight is 353 g/mol. The lowest BCUT2D eigenvalue weighted by molar-refractivity contribution is 0.374. The Kier molecular flexibility index (Phi) is 3.91. The molecule has 1 unspecified atom stereocenters. The number of sulfonamides is 1. The first-order chi connectivity index (χ1) is 8.28. The summed E-state index contributed by atoms with van der Waals surface area (Å²) in [7, 11) is -3.49. The summed E-state index contributed by atoms with van der Waals surface area (Å²) in [6.07, 6.45) is 2.09. The summed E-state index contributed by atoms with van der Waals surface area (Å²) in [5, 5.41) is 0. The Labute approximate surface area is 120 Å². The van der Waals surface area contributed by atoms with Crippen molar-refractivity contribution in [3.05, 3.63) is 14.7 Å². The molecule has 0 saturated heterocycles. The van der Waals surface area contributed by atoms with Gasteiger partial charge in [0.15, 0.2) is 0 Å². The van der Waals surface area contributed by atoms with Crippen molar-refractivity contribution in [1.82, 2.24) is 4.72 Å². The predicted octanol–water partition coefficient (Wildman–Crippen LogP) is 2.22. The van der Waals surface area contributed by atoms with E-state index in [1.54, 1.807) is 13.0 Å². The van der Waals surface area contributed by atoms with E-state index in [1.165, 1.54) is 11.3 Å². The van der Waals surface area contributed by atoms with Crippen molar-refractivity contribution in [2.24, 2.45) is 11.7 Å². The van der Waals surface area contributed by atoms with Crippen molar-refractivity contribution >= 4 is 37.3 Å². The minimum absolute atomic E-state index is 0.321. The summed E-state index contributed by atoms with van der Waals surface area (Å²) in [6.45, 7) is 4.01. The molecule has 0 bridgehead atoms. The zero-order valence-corrected chi connectivity index (χ0v) is 13.6. The predicted molar refractivity (Wildman–Crippen MR) is 77.3 cm³/mol. The van der Waals surface area contributed by atoms with Crippen molar-refractivity contribution in [1.29, 1.82) is 0 Å². The molecule has 0 amide bonds. The third kappa shape index (κ3) is 2.80. The molecule has 1 atom stereocenters. The van der Waals surface area contributed by atoms with Gasteiger partial charge in [0.1, 0.15) is 0 Å². The van der Waals surface area contributed by atoms with Crippen molar-refractivity contribution < 1.29 is 8.42 Å². The van der Waals surface area contributed by atoms with Crippen LogP contribution < -0.4 is 10.5 Å². The van der Waals surface area contributed by atoms with Gasteiger partial charge in [-0.25, -0.2) is 13.1 Å². The van der Waals surface area contributed by atoms with Gasteiger partial charge >= 0.3 is 0 Å². The van der Waals surface area contributed by atoms with E-state index in [-0.39, 0.29) is 0 Å². The van der Waals surface area contributed by atoms with Crippen LogP contribution in [0.2, 0.25) is 0 Å². The highest BCUT2D eigenvalue weighted by molar-refractivity contribution is 9.11. The molecule has 0 radical (unpaired) electrons. The summed E-state index contributed by atoms with van der Waals surface area (Å²) in [5.41, 5.74) is 5.21. The van der Waals surface area contributed by atoms with Crippen LogP contribution in [0.1, 0.15) is 24.6 Å². The van der Waals surface area contributed by atoms with E-state index in [0.29, 0.717) is 17.4 Å². The van der Waals surface area contributed by atoms with Crippen LogP contribution in [0.4, 0.5) is 0 Å². The Bertz CT molecular complexity index is 551. The topological polar surface area (TPSA) is 72.2 Å². The van der Waals surface area contributed by atoms with Crippen LogP contribution in [0.25, 0.3) is 0 Å². The minimum atomic E-state index is -3.49. The second-order valence-corrected chi connectivity index (χ2v) is 9.26. The molecule has 18 heavy (non-hydrogen) atoms. The zero-order valence-electron chi connectivity index (χ0n) is 10.4. The molecule has 1 aliphatic rings. The second-order valence-electron chi connectivity index (χ2n) is 4.97. The van der Waals surface area contributed by atoms with E-state index in [4.69, 9.17) is 5.73 Å². The Morgan fingerprint density at radius 2 is 2.22 bits per heavy atom. The van der Waals surface area contributed by atoms with E-state index < -0.39 is 15.6 Å². The Hall–Kier alpha value is 0.0500. The number of nitrogens with one attached hydrogen (secondary N) is 1. The lowest BCUT2D eigenvalue weighted by atomic mass is 9.98. The monoisotopic (exact) mass is 352 g/mol. The van der Waals surface area contributed by atoms with Gasteiger partial charge in [-0.05, 0) is 54.6 Å². The maximum Gasteiger partial charge on any atom is 0.242 e. The molecule has 0 spiro atoms. The van der Waals surface area contributed by atoms with Crippen LogP contribution in [0.3, 0.4) is 0 Å². The highest BCUT2D eigenvalue weighted by Gasteiger charge is 2.43. The molecule has 0 aliphatic heterocycles. The SMILES string of the molecule is Cc1sc(Br)cc1S(=O)(=O)NC(C)(CN)C1CC1. The third-order valence-electron chi connectivity index (χ3n) is 3.40. The van der Waals surface area contributed by atoms with E-state index in [9.17, 15) is 8.42 Å². The van der Waals surface area contributed by atoms with Gasteiger partial charge in [-0.1, -0.05) is 0 Å². The first-order valence-corrected chi connectivity index (χ1v) is 8.88. The zero-order chi connectivity index (χ0) is 13.6. The van der Waals surface area contributed by atoms with E-state index in [1.807, 2.05) is 6.92 Å². The molecule has 102 valence electrons. The number of rotatable bonds is 5. The summed E-state index contributed by atoms with van der Waals surface area (Å²) in [4.78, 5) is 1.13. The van der Waals surface area contributed by atoms with Gasteiger partial charge in [0.25, 0.3) is 0 Å². The highest BCUT2D eigenvalue weighted by atomic mass is 79.9. The number of hydrogen-bond acceptors (Lipinski definition) is 4. The summed E-state index contributed by atoms with van der Waals surface area (Å²) in [6, 6.07) is 1.65. The van der Waals surface area contributed by atoms with E-state index >= 15 is 0 Å². The van der Waals surface area contributed by atoms with Gasteiger partial charge in [-0.3, -0.25) is 0 Å². The molecule has 1 saturated carbocycles. The molecule has 1 aliphatic carbocycles. The van der Waals surface area contributed by atoms with Crippen molar-refractivity contribution in [3.8, 4) is 0 Å². The Morgan fingerprint density at radius 1 is 1.61 bits per heavy atom. The standard InChI is InChI=1S/C11H17BrN2O2S2/c1-7-9(5-10(12)17-7)18(15,16)14-11(2,6-13)8-3-4-8/h5,8,14H,3-4,6,13H2,1-2H3. The number of thiophene rings is 1. The van der Waals surface area contributed by atoms with Gasteiger partial charge in [-0.2, -0.15) is 0 Å². The van der Waals surface area contributed by atoms with Crippen molar-refractivity contribution in [3.63, 3.8) is 0 Å². The first kappa shape index (κ1) is 14.5. The molecular formula is C11H17BrN2O2S2. The van der Waals surface area contributed by atoms with Gasteiger partial charge < -0.3 is 5.73 Å². The second kappa shape index (κ2) is 4.86. The van der Waals surface area contributed by atoms with Crippen LogP contribution in [0, 0.1) is 12.8 Å². The van der Waals surface area contributed by atoms with Crippen LogP contribution in [-0.2, 0) is 10.0 Å². The minimum Gasteiger partial charge on any atom is -0.329 e. The molecule has 0 aromatic carbocycles. The smallest absolute Gasteiger partial charge is 0.242 e. The highest BCUT2D eigenvalue weighted by Crippen LogP contribution is 2.40. The van der Waals surface area contributed by atoms with Gasteiger partial charge in [0, 0.05) is 17.0 Å². The van der Waals surface area contributed by atoms with Gasteiger partial charge in [0.2, 0.25) is 10.0 Å². The fourth-order valence-electron chi connectivity index (χ4n) is 2.07. The molecule has 1 fully saturated rings. The molecule has 1 aromatic heterocycles. The fraction of sp³-hybridized carbons (Fsp3) is 0.636. The molecule has 4 nitrogen and oxygen atoms in total. The number of nitrogens with two attached hydrogens (primary N) is 1. The molecule has 3 N–H and O–H groups in total. The maximum atomic E-state index is 12.4. The number of aryl methyl sites for hydroxylation is 1. The Balaban J connectivity index is 2.29. The summed E-state index contributed by atoms with van der Waals surface area (Å²) >= 11 is 4.73. The summed E-state index contributed by atoms with van der Waals surface area (Å²) < 4.78 is 28.4. The third-order valence-corrected chi connectivity index (χ3v) is 6.82. The lowest BCUT2D eigenvalue weighted by Crippen LogP contribution is -2.52. The molecule has 1 heterocycles. The molecule has 1 aromatic rings. The van der Waals surface area contributed by atoms with Crippen LogP contribution in [0.15, 0.2) is 14.7 Å². The maximum absolute atomic E-state index is 12.4. The van der Waals surface area contributed by atoms with Crippen LogP contribution in [0.5, 0.6) is 0 Å². The fourth-order valence-corrected chi connectivity index (χ4v) is 5.96. The Morgan fingerprint density at radius 3 is 2.61 bits per heavy atom.